The number of likely N-dealkylation sites (tertiary alicyclic amines) is 1. The zero-order chi connectivity index (χ0) is 24.7. The molecule has 1 heterocycles. The number of aromatic hydroxyl groups is 1. The second-order valence-corrected chi connectivity index (χ2v) is 8.62. The number of benzene rings is 1. The summed E-state index contributed by atoms with van der Waals surface area (Å²) in [7, 11) is 0. The fourth-order valence-electron chi connectivity index (χ4n) is 3.85. The number of carboxylic acid groups (broad SMARTS) is 1. The molecule has 2 rings (SSSR count). The standard InChI is InChI=1S/C23H34N4O6/c1-4-13(2)19(26-20(29)18-6-5-11-27(18)22(31)14(3)24)21(30)25-17(23(32)33)12-15-7-9-16(28)10-8-15/h7-10,13-14,17-19,28H,4-6,11-12,24H2,1-3H3,(H,25,30)(H,26,29)(H,32,33). The third-order valence-electron chi connectivity index (χ3n) is 6.01. The normalized spacial score (nSPS) is 19.3. The lowest BCUT2D eigenvalue weighted by Gasteiger charge is -2.30. The van der Waals surface area contributed by atoms with Crippen molar-refractivity contribution in [1.29, 1.82) is 0 Å². The predicted octanol–water partition coefficient (Wildman–Crippen LogP) is 0.373. The molecule has 6 N–H and O–H groups in total. The highest BCUT2D eigenvalue weighted by Crippen LogP contribution is 2.19. The van der Waals surface area contributed by atoms with Gasteiger partial charge in [-0.2, -0.15) is 0 Å². The molecule has 0 bridgehead atoms. The van der Waals surface area contributed by atoms with Gasteiger partial charge in [0.15, 0.2) is 0 Å². The predicted molar refractivity (Wildman–Crippen MR) is 121 cm³/mol. The zero-order valence-electron chi connectivity index (χ0n) is 19.3. The number of nitrogens with zero attached hydrogens (tertiary/aromatic N) is 1. The summed E-state index contributed by atoms with van der Waals surface area (Å²) >= 11 is 0. The van der Waals surface area contributed by atoms with E-state index in [4.69, 9.17) is 5.73 Å². The topological polar surface area (TPSA) is 162 Å². The number of hydrogen-bond donors (Lipinski definition) is 5. The van der Waals surface area contributed by atoms with Gasteiger partial charge in [-0.15, -0.1) is 0 Å². The van der Waals surface area contributed by atoms with E-state index in [0.29, 0.717) is 31.4 Å². The first-order valence-electron chi connectivity index (χ1n) is 11.2. The lowest BCUT2D eigenvalue weighted by atomic mass is 9.96. The van der Waals surface area contributed by atoms with Crippen molar-refractivity contribution in [3.05, 3.63) is 29.8 Å². The van der Waals surface area contributed by atoms with E-state index in [9.17, 15) is 29.4 Å². The fourth-order valence-corrected chi connectivity index (χ4v) is 3.85. The molecule has 5 atom stereocenters. The van der Waals surface area contributed by atoms with Crippen LogP contribution in [0.2, 0.25) is 0 Å². The van der Waals surface area contributed by atoms with Crippen molar-refractivity contribution in [3.8, 4) is 5.75 Å². The summed E-state index contributed by atoms with van der Waals surface area (Å²) in [6, 6.07) is 2.42. The van der Waals surface area contributed by atoms with E-state index in [1.54, 1.807) is 26.0 Å². The number of phenolic OH excluding ortho intramolecular Hbond substituents is 1. The van der Waals surface area contributed by atoms with Crippen LogP contribution >= 0.6 is 0 Å². The average Bonchev–Trinajstić information content (AvgIpc) is 3.26. The monoisotopic (exact) mass is 462 g/mol. The van der Waals surface area contributed by atoms with Crippen LogP contribution in [-0.4, -0.2) is 69.5 Å². The van der Waals surface area contributed by atoms with Crippen molar-refractivity contribution in [2.75, 3.05) is 6.54 Å². The van der Waals surface area contributed by atoms with E-state index in [-0.39, 0.29) is 24.0 Å². The van der Waals surface area contributed by atoms with Crippen LogP contribution in [0, 0.1) is 5.92 Å². The number of amides is 3. The van der Waals surface area contributed by atoms with E-state index < -0.39 is 42.0 Å². The van der Waals surface area contributed by atoms with Crippen LogP contribution in [0.1, 0.15) is 45.6 Å². The first-order valence-corrected chi connectivity index (χ1v) is 11.2. The van der Waals surface area contributed by atoms with E-state index in [1.165, 1.54) is 17.0 Å². The molecule has 1 aliphatic rings. The molecule has 0 saturated carbocycles. The number of carbonyl (C=O) groups excluding carboxylic acids is 3. The van der Waals surface area contributed by atoms with Gasteiger partial charge in [-0.25, -0.2) is 4.79 Å². The molecule has 5 unspecified atom stereocenters. The van der Waals surface area contributed by atoms with Gasteiger partial charge in [-0.05, 0) is 43.4 Å². The molecule has 182 valence electrons. The summed E-state index contributed by atoms with van der Waals surface area (Å²) in [6.45, 7) is 5.64. The Hall–Kier alpha value is -3.14. The second-order valence-electron chi connectivity index (χ2n) is 8.62. The molecule has 1 aliphatic heterocycles. The fraction of sp³-hybridized carbons (Fsp3) is 0.565. The quantitative estimate of drug-likeness (QED) is 0.335. The molecule has 0 aliphatic carbocycles. The van der Waals surface area contributed by atoms with Gasteiger partial charge in [0, 0.05) is 13.0 Å². The van der Waals surface area contributed by atoms with Crippen molar-refractivity contribution in [2.24, 2.45) is 11.7 Å². The van der Waals surface area contributed by atoms with E-state index >= 15 is 0 Å². The Balaban J connectivity index is 2.13. The van der Waals surface area contributed by atoms with Gasteiger partial charge in [-0.1, -0.05) is 32.4 Å². The van der Waals surface area contributed by atoms with Gasteiger partial charge in [-0.3, -0.25) is 14.4 Å². The summed E-state index contributed by atoms with van der Waals surface area (Å²) in [6.07, 6.45) is 1.71. The Kier molecular flexibility index (Phi) is 9.22. The van der Waals surface area contributed by atoms with Crippen LogP contribution in [0.4, 0.5) is 0 Å². The number of carboxylic acids is 1. The molecule has 1 aromatic rings. The first kappa shape index (κ1) is 26.1. The maximum Gasteiger partial charge on any atom is 0.326 e. The Morgan fingerprint density at radius 1 is 1.15 bits per heavy atom. The van der Waals surface area contributed by atoms with Crippen LogP contribution in [0.25, 0.3) is 0 Å². The minimum Gasteiger partial charge on any atom is -0.508 e. The first-order chi connectivity index (χ1) is 15.5. The molecule has 10 nitrogen and oxygen atoms in total. The molecule has 33 heavy (non-hydrogen) atoms. The van der Waals surface area contributed by atoms with Gasteiger partial charge >= 0.3 is 5.97 Å². The number of phenols is 1. The Morgan fingerprint density at radius 2 is 1.79 bits per heavy atom. The van der Waals surface area contributed by atoms with Crippen molar-refractivity contribution >= 4 is 23.7 Å². The van der Waals surface area contributed by atoms with Gasteiger partial charge < -0.3 is 31.5 Å². The Labute approximate surface area is 193 Å². The number of carbonyl (C=O) groups is 4. The zero-order valence-corrected chi connectivity index (χ0v) is 19.3. The van der Waals surface area contributed by atoms with Crippen LogP contribution < -0.4 is 16.4 Å². The summed E-state index contributed by atoms with van der Waals surface area (Å²) in [5.74, 6) is -2.81. The molecule has 1 saturated heterocycles. The number of rotatable bonds is 10. The maximum atomic E-state index is 13.0. The molecule has 0 radical (unpaired) electrons. The summed E-state index contributed by atoms with van der Waals surface area (Å²) in [5.41, 5.74) is 6.32. The molecule has 10 heteroatoms. The number of nitrogens with one attached hydrogen (secondary N) is 2. The summed E-state index contributed by atoms with van der Waals surface area (Å²) < 4.78 is 0. The molecule has 1 aromatic carbocycles. The average molecular weight is 463 g/mol. The van der Waals surface area contributed by atoms with Gasteiger partial charge in [0.2, 0.25) is 17.7 Å². The molecule has 3 amide bonds. The smallest absolute Gasteiger partial charge is 0.326 e. The Bertz CT molecular complexity index is 857. The van der Waals surface area contributed by atoms with Gasteiger partial charge in [0.1, 0.15) is 23.9 Å². The third kappa shape index (κ3) is 6.92. The van der Waals surface area contributed by atoms with Gasteiger partial charge in [0.25, 0.3) is 0 Å². The largest absolute Gasteiger partial charge is 0.508 e. The second kappa shape index (κ2) is 11.6. The lowest BCUT2D eigenvalue weighted by Crippen LogP contribution is -2.58. The van der Waals surface area contributed by atoms with E-state index in [0.717, 1.165) is 0 Å². The third-order valence-corrected chi connectivity index (χ3v) is 6.01. The molecular weight excluding hydrogens is 428 g/mol. The number of nitrogens with two attached hydrogens (primary N) is 1. The minimum atomic E-state index is -1.21. The maximum absolute atomic E-state index is 13.0. The van der Waals surface area contributed by atoms with Crippen LogP contribution in [0.15, 0.2) is 24.3 Å². The molecule has 1 fully saturated rings. The van der Waals surface area contributed by atoms with Crippen molar-refractivity contribution in [3.63, 3.8) is 0 Å². The van der Waals surface area contributed by atoms with Crippen LogP contribution in [0.3, 0.4) is 0 Å². The molecular formula is C23H34N4O6. The summed E-state index contributed by atoms with van der Waals surface area (Å²) in [4.78, 5) is 51.6. The molecule has 0 spiro atoms. The van der Waals surface area contributed by atoms with E-state index in [2.05, 4.69) is 10.6 Å². The lowest BCUT2D eigenvalue weighted by molar-refractivity contribution is -0.143. The van der Waals surface area contributed by atoms with Crippen molar-refractivity contribution in [2.45, 2.75) is 70.6 Å². The summed E-state index contributed by atoms with van der Waals surface area (Å²) in [5, 5.41) is 24.3. The highest BCUT2D eigenvalue weighted by Gasteiger charge is 2.38. The SMILES string of the molecule is CCC(C)C(NC(=O)C1CCCN1C(=O)C(C)N)C(=O)NC(Cc1ccc(O)cc1)C(=O)O. The van der Waals surface area contributed by atoms with Crippen LogP contribution in [-0.2, 0) is 25.6 Å². The highest BCUT2D eigenvalue weighted by atomic mass is 16.4. The van der Waals surface area contributed by atoms with Crippen molar-refractivity contribution in [1.82, 2.24) is 15.5 Å². The molecule has 0 aromatic heterocycles. The number of aliphatic carboxylic acids is 1. The van der Waals surface area contributed by atoms with Crippen LogP contribution in [0.5, 0.6) is 5.75 Å². The Morgan fingerprint density at radius 3 is 2.33 bits per heavy atom. The van der Waals surface area contributed by atoms with E-state index in [1.807, 2.05) is 6.92 Å². The van der Waals surface area contributed by atoms with Gasteiger partial charge in [0.05, 0.1) is 6.04 Å². The van der Waals surface area contributed by atoms with Crippen molar-refractivity contribution < 1.29 is 29.4 Å². The number of hydrogen-bond acceptors (Lipinski definition) is 6. The minimum absolute atomic E-state index is 0.0157. The highest BCUT2D eigenvalue weighted by molar-refractivity contribution is 5.94.